The number of amides is 3. The van der Waals surface area contributed by atoms with Crippen molar-refractivity contribution in [1.82, 2.24) is 16.0 Å². The third-order valence-corrected chi connectivity index (χ3v) is 27.7. The molecule has 0 spiro atoms. The Labute approximate surface area is 861 Å². The maximum atomic E-state index is 13.8. The van der Waals surface area contributed by atoms with Gasteiger partial charge in [0, 0.05) is 167 Å². The Hall–Kier alpha value is -4.08. The molecule has 0 aliphatic carbocycles. The average molecular weight is 2050 g/mol. The number of nitrogens with one attached hydrogen (secondary N) is 3. The summed E-state index contributed by atoms with van der Waals surface area (Å²) in [5, 5.41) is 97.8. The zero-order valence-corrected chi connectivity index (χ0v) is 90.3. The summed E-state index contributed by atoms with van der Waals surface area (Å²) in [5.74, 6) is -2.11. The van der Waals surface area contributed by atoms with Crippen molar-refractivity contribution in [2.24, 2.45) is 23.2 Å². The summed E-state index contributed by atoms with van der Waals surface area (Å²) in [7, 11) is 1.76. The van der Waals surface area contributed by atoms with Gasteiger partial charge in [0.25, 0.3) is 0 Å². The summed E-state index contributed by atoms with van der Waals surface area (Å²) in [6.45, 7) is 14.5. The molecule has 3 heterocycles. The molecule has 3 aliphatic heterocycles. The van der Waals surface area contributed by atoms with Gasteiger partial charge in [0.1, 0.15) is 71.6 Å². The zero-order chi connectivity index (χ0) is 105. The number of aliphatic hydroxyl groups is 9. The quantitative estimate of drug-likeness (QED) is 0.0252. The summed E-state index contributed by atoms with van der Waals surface area (Å²) in [5.41, 5.74) is -1.08. The highest BCUT2D eigenvalue weighted by molar-refractivity contribution is 5.81. The molecular weight excluding hydrogens is 1840 g/mol. The number of aliphatic hydroxyl groups excluding tert-OH is 9. The Kier molecular flexibility index (Phi) is 86.6. The predicted octanol–water partition coefficient (Wildman–Crippen LogP) is 16.0. The van der Waals surface area contributed by atoms with Gasteiger partial charge in [-0.25, -0.2) is 0 Å². The number of rotatable bonds is 99. The Bertz CT molecular complexity index is 2860. The van der Waals surface area contributed by atoms with Crippen LogP contribution in [0.1, 0.15) is 427 Å². The second-order valence-electron chi connectivity index (χ2n) is 41.1. The SMILES string of the molecule is CC(=O)NCCCCCC(=O)CC(COCCC(=O)CCCCCC(=O)CCCCOC1OC(CO)C(O)C(O)C1C)(COCCC(=O)CCCCCC(=O)CCCCOC1OC(CO)C(O)C(O)C1C)COCCC(=O)NCCCNC(=O)CCCCOC1OC(CO)C(O)C(O)C1C.CCCCCCCCCCCCCCCCCCOC[C@H](COC)OCCCCCCCCCCCCCCCCCC. The van der Waals surface area contributed by atoms with Gasteiger partial charge in [0.15, 0.2) is 18.9 Å². The lowest BCUT2D eigenvalue weighted by molar-refractivity contribution is -0.282. The smallest absolute Gasteiger partial charge is 0.222 e. The molecule has 0 radical (unpaired) electrons. The van der Waals surface area contributed by atoms with E-state index in [1.807, 2.05) is 0 Å². The third-order valence-electron chi connectivity index (χ3n) is 27.7. The minimum absolute atomic E-state index is 0.0237. The fourth-order valence-corrected chi connectivity index (χ4v) is 18.2. The standard InChI is InChI=1S/C71H125N3O26.C40H82O3/c1-48-62(86)65(89)57(42-75)98-68(48)95-35-17-13-25-52(79)21-8-5-10-23-54(81)29-38-92-45-71(41-56(83)27-12-7-16-32-72-51(4)78,46-93-39-30-55(82)24-11-6-9-22-53(80)26-14-18-36-96-69-49(2)63(87)66(90)58(43-76)99-69)47-94-40-31-61(85)74-34-20-33-73-60(84)28-15-19-37-97-70-50(3)64(88)67(91)59(44-77)100-70;1-4-6-8-10-12-14-16-18-20-22-24-26-28-30-32-34-36-42-39-40(38-41-3)43-37-35-33-31-29-27-25-23-21-19-17-15-13-11-9-7-5-2/h48-50,57-59,62-70,75-77,86-91H,5-47H2,1-4H3,(H,72,78)(H,73,84)(H,74,85);40H,4-39H2,1-3H3/t;40-/m.0/s1. The number of Topliss-reactive ketones (excluding diaryl/α,β-unsaturated/α-hetero) is 5. The summed E-state index contributed by atoms with van der Waals surface area (Å²) in [6, 6.07) is 0. The number of methoxy groups -OCH3 is 1. The molecular formula is C111H207N3O29. The van der Waals surface area contributed by atoms with E-state index in [9.17, 15) is 84.3 Å². The van der Waals surface area contributed by atoms with Gasteiger partial charge in [-0.1, -0.05) is 247 Å². The second kappa shape index (κ2) is 91.7. The largest absolute Gasteiger partial charge is 0.394 e. The maximum Gasteiger partial charge on any atom is 0.222 e. The molecule has 16 atom stereocenters. The first-order valence-corrected chi connectivity index (χ1v) is 56.8. The number of carbonyl (C=O) groups is 8. The van der Waals surface area contributed by atoms with Crippen LogP contribution in [-0.4, -0.2) is 305 Å². The van der Waals surface area contributed by atoms with Crippen molar-refractivity contribution in [2.45, 2.75) is 507 Å². The van der Waals surface area contributed by atoms with Crippen LogP contribution in [0.2, 0.25) is 0 Å². The van der Waals surface area contributed by atoms with Gasteiger partial charge in [-0.15, -0.1) is 0 Å². The van der Waals surface area contributed by atoms with Gasteiger partial charge in [0.2, 0.25) is 17.7 Å². The van der Waals surface area contributed by atoms with Crippen molar-refractivity contribution in [3.8, 4) is 0 Å². The maximum absolute atomic E-state index is 13.8. The van der Waals surface area contributed by atoms with Crippen molar-refractivity contribution >= 4 is 46.6 Å². The lowest BCUT2D eigenvalue weighted by Crippen LogP contribution is -2.55. The molecule has 840 valence electrons. The Morgan fingerprint density at radius 3 is 0.916 bits per heavy atom. The van der Waals surface area contributed by atoms with Crippen molar-refractivity contribution in [1.29, 1.82) is 0 Å². The second-order valence-corrected chi connectivity index (χ2v) is 41.1. The molecule has 15 unspecified atom stereocenters. The molecule has 0 aromatic heterocycles. The highest BCUT2D eigenvalue weighted by Gasteiger charge is 2.45. The van der Waals surface area contributed by atoms with E-state index in [2.05, 4.69) is 29.8 Å². The van der Waals surface area contributed by atoms with Crippen molar-refractivity contribution < 1.29 is 141 Å². The minimum atomic E-state index is -1.22. The van der Waals surface area contributed by atoms with Crippen molar-refractivity contribution in [2.75, 3.05) is 132 Å². The molecule has 32 heteroatoms. The lowest BCUT2D eigenvalue weighted by atomic mass is 9.84. The van der Waals surface area contributed by atoms with Gasteiger partial charge < -0.3 is 119 Å². The van der Waals surface area contributed by atoms with E-state index in [4.69, 9.17) is 56.8 Å². The molecule has 0 aromatic rings. The van der Waals surface area contributed by atoms with Crippen LogP contribution in [0, 0.1) is 23.2 Å². The van der Waals surface area contributed by atoms with Crippen molar-refractivity contribution in [3.63, 3.8) is 0 Å². The van der Waals surface area contributed by atoms with Crippen LogP contribution in [-0.2, 0) is 95.2 Å². The topological polar surface area (TPSA) is 465 Å². The van der Waals surface area contributed by atoms with Crippen LogP contribution in [0.4, 0.5) is 0 Å². The number of hydrogen-bond donors (Lipinski definition) is 12. The van der Waals surface area contributed by atoms with E-state index in [-0.39, 0.29) is 170 Å². The average Bonchev–Trinajstić information content (AvgIpc) is 0.826. The zero-order valence-electron chi connectivity index (χ0n) is 90.3. The molecule has 32 nitrogen and oxygen atoms in total. The fraction of sp³-hybridized carbons (Fsp3) is 0.928. The van der Waals surface area contributed by atoms with E-state index >= 15 is 0 Å². The van der Waals surface area contributed by atoms with Crippen LogP contribution in [0.15, 0.2) is 0 Å². The Morgan fingerprint density at radius 2 is 0.573 bits per heavy atom. The third kappa shape index (κ3) is 70.6. The first kappa shape index (κ1) is 135. The normalized spacial score (nSPS) is 21.9. The predicted molar refractivity (Wildman–Crippen MR) is 554 cm³/mol. The summed E-state index contributed by atoms with van der Waals surface area (Å²) in [4.78, 5) is 102. The molecule has 143 heavy (non-hydrogen) atoms. The van der Waals surface area contributed by atoms with Crippen LogP contribution in [0.3, 0.4) is 0 Å². The first-order chi connectivity index (χ1) is 69.3. The van der Waals surface area contributed by atoms with Gasteiger partial charge in [-0.05, 0) is 96.3 Å². The highest BCUT2D eigenvalue weighted by atomic mass is 16.7. The van der Waals surface area contributed by atoms with E-state index in [1.165, 1.54) is 206 Å². The molecule has 0 aromatic carbocycles. The Morgan fingerprint density at radius 1 is 0.294 bits per heavy atom. The molecule has 12 N–H and O–H groups in total. The van der Waals surface area contributed by atoms with Crippen molar-refractivity contribution in [3.05, 3.63) is 0 Å². The van der Waals surface area contributed by atoms with Gasteiger partial charge >= 0.3 is 0 Å². The number of hydrogen-bond acceptors (Lipinski definition) is 29. The van der Waals surface area contributed by atoms with E-state index in [1.54, 1.807) is 27.9 Å². The van der Waals surface area contributed by atoms with E-state index < -0.39 is 117 Å². The lowest BCUT2D eigenvalue weighted by Gasteiger charge is -2.40. The number of ether oxygens (including phenoxy) is 12. The van der Waals surface area contributed by atoms with Gasteiger partial charge in [-0.3, -0.25) is 38.4 Å². The van der Waals surface area contributed by atoms with Gasteiger partial charge in [-0.2, -0.15) is 0 Å². The summed E-state index contributed by atoms with van der Waals surface area (Å²) < 4.78 is 69.9. The minimum Gasteiger partial charge on any atom is -0.394 e. The first-order valence-electron chi connectivity index (χ1n) is 56.8. The summed E-state index contributed by atoms with van der Waals surface area (Å²) >= 11 is 0. The van der Waals surface area contributed by atoms with Crippen LogP contribution in [0.25, 0.3) is 0 Å². The van der Waals surface area contributed by atoms with E-state index in [0.717, 1.165) is 19.6 Å². The fourth-order valence-electron chi connectivity index (χ4n) is 18.2. The number of ketones is 5. The Balaban J connectivity index is 0.00000134. The molecule has 3 fully saturated rings. The molecule has 3 saturated heterocycles. The highest BCUT2D eigenvalue weighted by Crippen LogP contribution is 2.33. The summed E-state index contributed by atoms with van der Waals surface area (Å²) in [6.07, 6.45) is 45.0. The van der Waals surface area contributed by atoms with Gasteiger partial charge in [0.05, 0.1) is 91.0 Å². The van der Waals surface area contributed by atoms with Crippen LogP contribution in [0.5, 0.6) is 0 Å². The molecule has 3 aliphatic rings. The van der Waals surface area contributed by atoms with E-state index in [0.29, 0.717) is 155 Å². The van der Waals surface area contributed by atoms with Crippen LogP contribution >= 0.6 is 0 Å². The molecule has 0 bridgehead atoms. The molecule has 0 saturated carbocycles. The molecule has 3 rings (SSSR count). The van der Waals surface area contributed by atoms with Crippen LogP contribution < -0.4 is 16.0 Å². The number of unbranched alkanes of at least 4 members (excludes halogenated alkanes) is 39. The number of carbonyl (C=O) groups excluding carboxylic acids is 8. The molecule has 3 amide bonds. The monoisotopic (exact) mass is 2050 g/mol.